The van der Waals surface area contributed by atoms with E-state index in [1.165, 1.54) is 0 Å². The Balaban J connectivity index is 1.72. The minimum Gasteiger partial charge on any atom is -0.392 e. The van der Waals surface area contributed by atoms with Gasteiger partial charge in [0.25, 0.3) is 0 Å². The maximum Gasteiger partial charge on any atom is 0.104 e. The van der Waals surface area contributed by atoms with E-state index in [1.54, 1.807) is 0 Å². The molecule has 3 heteroatoms. The fraction of sp³-hybridized carbons (Fsp3) is 0.0952. The Kier molecular flexibility index (Phi) is 3.63. The van der Waals surface area contributed by atoms with E-state index < -0.39 is 0 Å². The van der Waals surface area contributed by atoms with E-state index in [-0.39, 0.29) is 6.61 Å². The van der Waals surface area contributed by atoms with Gasteiger partial charge < -0.3 is 10.1 Å². The molecule has 0 aliphatic rings. The number of hydrogen-bond donors (Lipinski definition) is 2. The molecule has 2 N–H and O–H groups in total. The Hall–Kier alpha value is -2.91. The second kappa shape index (κ2) is 5.95. The first-order chi connectivity index (χ1) is 11.7. The van der Waals surface area contributed by atoms with Gasteiger partial charge in [0.05, 0.1) is 17.6 Å². The Morgan fingerprint density at radius 1 is 0.875 bits per heavy atom. The van der Waals surface area contributed by atoms with Gasteiger partial charge in [-0.15, -0.1) is 0 Å². The summed E-state index contributed by atoms with van der Waals surface area (Å²) in [6.07, 6.45) is 0. The SMILES string of the molecule is Cc1nc2ccc(-c3ccc(-c4ccccc4CO)cc3)cc2[nH]1. The highest BCUT2D eigenvalue weighted by molar-refractivity contribution is 5.82. The van der Waals surface area contributed by atoms with Gasteiger partial charge in [0.2, 0.25) is 0 Å². The number of nitrogens with one attached hydrogen (secondary N) is 1. The molecule has 0 spiro atoms. The number of hydrogen-bond acceptors (Lipinski definition) is 2. The lowest BCUT2D eigenvalue weighted by atomic mass is 9.97. The molecule has 4 rings (SSSR count). The standard InChI is InChI=1S/C21H18N2O/c1-14-22-20-11-10-17(12-21(20)23-14)15-6-8-16(9-7-15)19-5-3-2-4-18(19)13-24/h2-12,24H,13H2,1H3,(H,22,23). The normalized spacial score (nSPS) is 11.1. The lowest BCUT2D eigenvalue weighted by molar-refractivity contribution is 0.282. The summed E-state index contributed by atoms with van der Waals surface area (Å²) >= 11 is 0. The smallest absolute Gasteiger partial charge is 0.104 e. The number of benzene rings is 3. The van der Waals surface area contributed by atoms with E-state index in [2.05, 4.69) is 46.4 Å². The molecule has 0 amide bonds. The molecule has 0 unspecified atom stereocenters. The Labute approximate surface area is 140 Å². The maximum atomic E-state index is 9.51. The summed E-state index contributed by atoms with van der Waals surface area (Å²) in [5.41, 5.74) is 7.50. The molecule has 1 aromatic heterocycles. The Bertz CT molecular complexity index is 1000. The zero-order chi connectivity index (χ0) is 16.5. The number of rotatable bonds is 3. The van der Waals surface area contributed by atoms with Crippen LogP contribution in [0, 0.1) is 6.92 Å². The van der Waals surface area contributed by atoms with Crippen molar-refractivity contribution in [3.05, 3.63) is 78.1 Å². The highest BCUT2D eigenvalue weighted by atomic mass is 16.3. The van der Waals surface area contributed by atoms with E-state index in [0.29, 0.717) is 0 Å². The summed E-state index contributed by atoms with van der Waals surface area (Å²) in [6, 6.07) is 22.7. The summed E-state index contributed by atoms with van der Waals surface area (Å²) in [4.78, 5) is 7.72. The molecule has 0 radical (unpaired) electrons. The van der Waals surface area contributed by atoms with Crippen molar-refractivity contribution in [1.29, 1.82) is 0 Å². The van der Waals surface area contributed by atoms with Crippen LogP contribution >= 0.6 is 0 Å². The third-order valence-corrected chi connectivity index (χ3v) is 4.32. The zero-order valence-electron chi connectivity index (χ0n) is 13.5. The lowest BCUT2D eigenvalue weighted by Crippen LogP contribution is -1.88. The van der Waals surface area contributed by atoms with Crippen LogP contribution in [0.1, 0.15) is 11.4 Å². The Morgan fingerprint density at radius 2 is 1.58 bits per heavy atom. The Morgan fingerprint density at radius 3 is 2.38 bits per heavy atom. The second-order valence-corrected chi connectivity index (χ2v) is 5.95. The molecule has 3 aromatic carbocycles. The van der Waals surface area contributed by atoms with Crippen molar-refractivity contribution in [3.63, 3.8) is 0 Å². The molecule has 4 aromatic rings. The number of nitrogens with zero attached hydrogens (tertiary/aromatic N) is 1. The molecular formula is C21H18N2O. The lowest BCUT2D eigenvalue weighted by Gasteiger charge is -2.09. The largest absolute Gasteiger partial charge is 0.392 e. The summed E-state index contributed by atoms with van der Waals surface area (Å²) in [6.45, 7) is 2.01. The first kappa shape index (κ1) is 14.7. The number of H-pyrrole nitrogens is 1. The average Bonchev–Trinajstić information content (AvgIpc) is 3.01. The molecule has 0 saturated heterocycles. The number of aromatic amines is 1. The van der Waals surface area contributed by atoms with E-state index in [9.17, 15) is 5.11 Å². The van der Waals surface area contributed by atoms with Crippen molar-refractivity contribution in [1.82, 2.24) is 9.97 Å². The van der Waals surface area contributed by atoms with Gasteiger partial charge in [0, 0.05) is 0 Å². The van der Waals surface area contributed by atoms with E-state index >= 15 is 0 Å². The minimum atomic E-state index is 0.0494. The van der Waals surface area contributed by atoms with Crippen LogP contribution < -0.4 is 0 Å². The maximum absolute atomic E-state index is 9.51. The van der Waals surface area contributed by atoms with Crippen LogP contribution in [0.4, 0.5) is 0 Å². The van der Waals surface area contributed by atoms with Crippen molar-refractivity contribution in [2.45, 2.75) is 13.5 Å². The van der Waals surface area contributed by atoms with Crippen LogP contribution in [0.3, 0.4) is 0 Å². The van der Waals surface area contributed by atoms with Crippen molar-refractivity contribution < 1.29 is 5.11 Å². The highest BCUT2D eigenvalue weighted by Crippen LogP contribution is 2.28. The summed E-state index contributed by atoms with van der Waals surface area (Å²) in [7, 11) is 0. The van der Waals surface area contributed by atoms with Crippen molar-refractivity contribution in [2.24, 2.45) is 0 Å². The first-order valence-corrected chi connectivity index (χ1v) is 8.00. The van der Waals surface area contributed by atoms with Crippen LogP contribution in [0.5, 0.6) is 0 Å². The number of fused-ring (bicyclic) bond motifs is 1. The molecule has 0 aliphatic heterocycles. The zero-order valence-corrected chi connectivity index (χ0v) is 13.5. The van der Waals surface area contributed by atoms with Gasteiger partial charge in [-0.2, -0.15) is 0 Å². The van der Waals surface area contributed by atoms with E-state index in [0.717, 1.165) is 44.7 Å². The highest BCUT2D eigenvalue weighted by Gasteiger charge is 2.06. The molecule has 118 valence electrons. The van der Waals surface area contributed by atoms with Gasteiger partial charge in [-0.05, 0) is 46.9 Å². The van der Waals surface area contributed by atoms with Crippen molar-refractivity contribution in [2.75, 3.05) is 0 Å². The number of aryl methyl sites for hydroxylation is 1. The summed E-state index contributed by atoms with van der Waals surface area (Å²) in [5, 5.41) is 9.51. The van der Waals surface area contributed by atoms with Crippen LogP contribution in [0.2, 0.25) is 0 Å². The fourth-order valence-corrected chi connectivity index (χ4v) is 3.10. The van der Waals surface area contributed by atoms with Crippen LogP contribution in [-0.4, -0.2) is 15.1 Å². The molecule has 3 nitrogen and oxygen atoms in total. The molecule has 1 heterocycles. The van der Waals surface area contributed by atoms with Crippen molar-refractivity contribution in [3.8, 4) is 22.3 Å². The number of aliphatic hydroxyl groups excluding tert-OH is 1. The molecule has 0 aliphatic carbocycles. The van der Waals surface area contributed by atoms with Gasteiger partial charge in [-0.25, -0.2) is 4.98 Å². The quantitative estimate of drug-likeness (QED) is 0.576. The van der Waals surface area contributed by atoms with Crippen LogP contribution in [0.15, 0.2) is 66.7 Å². The van der Waals surface area contributed by atoms with E-state index in [4.69, 9.17) is 0 Å². The number of aliphatic hydroxyl groups is 1. The fourth-order valence-electron chi connectivity index (χ4n) is 3.10. The first-order valence-electron chi connectivity index (χ1n) is 8.00. The van der Waals surface area contributed by atoms with Crippen LogP contribution in [0.25, 0.3) is 33.3 Å². The number of aromatic nitrogens is 2. The predicted octanol–water partition coefficient (Wildman–Crippen LogP) is 4.70. The van der Waals surface area contributed by atoms with Gasteiger partial charge in [0.15, 0.2) is 0 Å². The molecule has 0 saturated carbocycles. The number of imidazole rings is 1. The van der Waals surface area contributed by atoms with Gasteiger partial charge in [0.1, 0.15) is 5.82 Å². The molecule has 0 fully saturated rings. The monoisotopic (exact) mass is 314 g/mol. The summed E-state index contributed by atoms with van der Waals surface area (Å²) < 4.78 is 0. The van der Waals surface area contributed by atoms with Gasteiger partial charge in [-0.1, -0.05) is 54.6 Å². The molecule has 0 atom stereocenters. The molecule has 24 heavy (non-hydrogen) atoms. The predicted molar refractivity (Wildman–Crippen MR) is 97.6 cm³/mol. The third kappa shape index (κ3) is 2.59. The van der Waals surface area contributed by atoms with Crippen molar-refractivity contribution >= 4 is 11.0 Å². The average molecular weight is 314 g/mol. The summed E-state index contributed by atoms with van der Waals surface area (Å²) in [5.74, 6) is 0.929. The molecular weight excluding hydrogens is 296 g/mol. The van der Waals surface area contributed by atoms with Gasteiger partial charge in [-0.3, -0.25) is 0 Å². The topological polar surface area (TPSA) is 48.9 Å². The van der Waals surface area contributed by atoms with Gasteiger partial charge >= 0.3 is 0 Å². The van der Waals surface area contributed by atoms with Crippen LogP contribution in [-0.2, 0) is 6.61 Å². The minimum absolute atomic E-state index is 0.0494. The third-order valence-electron chi connectivity index (χ3n) is 4.32. The van der Waals surface area contributed by atoms with E-state index in [1.807, 2.05) is 37.3 Å². The second-order valence-electron chi connectivity index (χ2n) is 5.95. The molecule has 0 bridgehead atoms.